The lowest BCUT2D eigenvalue weighted by Crippen LogP contribution is -2.53. The number of methoxy groups -OCH3 is 1. The fourth-order valence-corrected chi connectivity index (χ4v) is 5.79. The van der Waals surface area contributed by atoms with Crippen LogP contribution in [0.2, 0.25) is 10.0 Å². The third-order valence-electron chi connectivity index (χ3n) is 7.46. The Morgan fingerprint density at radius 1 is 1.00 bits per heavy atom. The second kappa shape index (κ2) is 12.5. The van der Waals surface area contributed by atoms with Gasteiger partial charge in [0.1, 0.15) is 11.5 Å². The van der Waals surface area contributed by atoms with Gasteiger partial charge in [-0.05, 0) is 67.8 Å². The quantitative estimate of drug-likeness (QED) is 0.360. The number of hydrogen-bond donors (Lipinski definition) is 1. The number of amides is 2. The highest BCUT2D eigenvalue weighted by atomic mass is 35.5. The van der Waals surface area contributed by atoms with Crippen molar-refractivity contribution in [2.24, 2.45) is 10.9 Å². The fraction of sp³-hybridized carbons (Fsp3) is 0.344. The molecular formula is C32H33Cl2N3O4. The van der Waals surface area contributed by atoms with E-state index in [-0.39, 0.29) is 36.4 Å². The maximum Gasteiger partial charge on any atom is 0.239 e. The van der Waals surface area contributed by atoms with E-state index in [9.17, 15) is 9.59 Å². The van der Waals surface area contributed by atoms with Gasteiger partial charge in [-0.25, -0.2) is 0 Å². The van der Waals surface area contributed by atoms with Gasteiger partial charge < -0.3 is 19.7 Å². The maximum atomic E-state index is 14.2. The molecule has 9 heteroatoms. The van der Waals surface area contributed by atoms with E-state index in [4.69, 9.17) is 37.7 Å². The molecule has 3 aromatic carbocycles. The van der Waals surface area contributed by atoms with Crippen molar-refractivity contribution in [1.29, 1.82) is 0 Å². The van der Waals surface area contributed by atoms with Crippen LogP contribution in [0.1, 0.15) is 48.9 Å². The molecule has 3 aromatic rings. The van der Waals surface area contributed by atoms with Gasteiger partial charge in [-0.1, -0.05) is 47.5 Å². The Balaban J connectivity index is 1.69. The smallest absolute Gasteiger partial charge is 0.239 e. The largest absolute Gasteiger partial charge is 0.497 e. The number of aliphatic imine (C=N–C) groups is 1. The third kappa shape index (κ3) is 6.52. The van der Waals surface area contributed by atoms with Crippen molar-refractivity contribution < 1.29 is 19.1 Å². The monoisotopic (exact) mass is 593 g/mol. The first-order chi connectivity index (χ1) is 19.7. The van der Waals surface area contributed by atoms with E-state index in [2.05, 4.69) is 5.32 Å². The molecule has 0 aromatic heterocycles. The molecule has 214 valence electrons. The molecule has 41 heavy (non-hydrogen) atoms. The van der Waals surface area contributed by atoms with Crippen molar-refractivity contribution in [3.63, 3.8) is 0 Å². The molecule has 7 nitrogen and oxygen atoms in total. The fourth-order valence-electron chi connectivity index (χ4n) is 5.53. The van der Waals surface area contributed by atoms with Crippen molar-refractivity contribution in [2.75, 3.05) is 26.7 Å². The SMILES string of the molecule is COc1ccc(C2=N[C@H](c3ccc(Cl)cc3)[C@H](c3ccc(Cl)cc3)CC2C(=O)N2CCNC(=O)C2)c(OC(C)C)c1. The number of halogens is 2. The molecule has 2 amide bonds. The average Bonchev–Trinajstić information content (AvgIpc) is 2.97. The zero-order valence-electron chi connectivity index (χ0n) is 23.3. The molecule has 5 rings (SSSR count). The van der Waals surface area contributed by atoms with Crippen molar-refractivity contribution in [2.45, 2.75) is 38.3 Å². The Labute approximate surface area is 250 Å². The number of rotatable bonds is 7. The molecule has 0 saturated carbocycles. The molecule has 0 radical (unpaired) electrons. The summed E-state index contributed by atoms with van der Waals surface area (Å²) in [7, 11) is 1.60. The summed E-state index contributed by atoms with van der Waals surface area (Å²) >= 11 is 12.5. The van der Waals surface area contributed by atoms with Gasteiger partial charge in [0.15, 0.2) is 0 Å². The molecule has 1 unspecified atom stereocenters. The molecule has 0 bridgehead atoms. The van der Waals surface area contributed by atoms with Gasteiger partial charge in [-0.15, -0.1) is 0 Å². The van der Waals surface area contributed by atoms with Crippen LogP contribution < -0.4 is 14.8 Å². The second-order valence-electron chi connectivity index (χ2n) is 10.6. The highest BCUT2D eigenvalue weighted by Crippen LogP contribution is 2.46. The minimum absolute atomic E-state index is 0.0206. The predicted molar refractivity (Wildman–Crippen MR) is 161 cm³/mol. The first kappa shape index (κ1) is 29.0. The predicted octanol–water partition coefficient (Wildman–Crippen LogP) is 6.08. The number of hydrogen-bond acceptors (Lipinski definition) is 5. The van der Waals surface area contributed by atoms with Gasteiger partial charge in [-0.3, -0.25) is 14.6 Å². The molecule has 2 heterocycles. The topological polar surface area (TPSA) is 80.2 Å². The number of benzene rings is 3. The van der Waals surface area contributed by atoms with Crippen LogP contribution in [0.5, 0.6) is 11.5 Å². The summed E-state index contributed by atoms with van der Waals surface area (Å²) < 4.78 is 11.7. The van der Waals surface area contributed by atoms with E-state index < -0.39 is 5.92 Å². The van der Waals surface area contributed by atoms with Crippen LogP contribution in [0.3, 0.4) is 0 Å². The Morgan fingerprint density at radius 3 is 2.27 bits per heavy atom. The summed E-state index contributed by atoms with van der Waals surface area (Å²) in [5, 5.41) is 4.08. The standard InChI is InChI=1S/C32H33Cl2N3O4/c1-19(2)41-28-16-24(40-3)12-13-25(28)31-27(32(39)37-15-14-35-29(38)18-37)17-26(20-4-8-22(33)9-5-20)30(36-31)21-6-10-23(34)11-7-21/h4-13,16,19,26-27,30H,14-15,17-18H2,1-3H3,(H,35,38)/t26-,27?,30+/m0/s1. The summed E-state index contributed by atoms with van der Waals surface area (Å²) in [6, 6.07) is 20.7. The highest BCUT2D eigenvalue weighted by Gasteiger charge is 2.41. The summed E-state index contributed by atoms with van der Waals surface area (Å²) in [5.74, 6) is 0.209. The lowest BCUT2D eigenvalue weighted by atomic mass is 9.75. The van der Waals surface area contributed by atoms with Crippen LogP contribution >= 0.6 is 23.2 Å². The zero-order valence-corrected chi connectivity index (χ0v) is 24.8. The van der Waals surface area contributed by atoms with E-state index in [0.29, 0.717) is 46.8 Å². The molecule has 2 aliphatic rings. The second-order valence-corrected chi connectivity index (χ2v) is 11.5. The summed E-state index contributed by atoms with van der Waals surface area (Å²) in [6.07, 6.45) is 0.372. The van der Waals surface area contributed by atoms with Gasteiger partial charge in [0.25, 0.3) is 0 Å². The Bertz CT molecular complexity index is 1440. The number of carbonyl (C=O) groups excluding carboxylic acids is 2. The van der Waals surface area contributed by atoms with Gasteiger partial charge in [0.05, 0.1) is 37.4 Å². The summed E-state index contributed by atoms with van der Waals surface area (Å²) in [5.41, 5.74) is 3.37. The van der Waals surface area contributed by atoms with E-state index in [1.165, 1.54) is 0 Å². The lowest BCUT2D eigenvalue weighted by Gasteiger charge is -2.38. The molecule has 1 N–H and O–H groups in total. The summed E-state index contributed by atoms with van der Waals surface area (Å²) in [6.45, 7) is 4.79. The number of carbonyl (C=O) groups is 2. The number of piperazine rings is 1. The van der Waals surface area contributed by atoms with E-state index in [1.807, 2.05) is 80.6 Å². The number of ether oxygens (including phenoxy) is 2. The van der Waals surface area contributed by atoms with Crippen molar-refractivity contribution in [1.82, 2.24) is 10.2 Å². The maximum absolute atomic E-state index is 14.2. The molecular weight excluding hydrogens is 561 g/mol. The zero-order chi connectivity index (χ0) is 29.1. The van der Waals surface area contributed by atoms with E-state index in [1.54, 1.807) is 12.0 Å². The van der Waals surface area contributed by atoms with Crippen LogP contribution in [-0.2, 0) is 9.59 Å². The van der Waals surface area contributed by atoms with Gasteiger partial charge >= 0.3 is 0 Å². The van der Waals surface area contributed by atoms with Gasteiger partial charge in [0, 0.05) is 40.7 Å². The molecule has 0 aliphatic carbocycles. The number of nitrogens with one attached hydrogen (secondary N) is 1. The normalized spacial score (nSPS) is 20.8. The van der Waals surface area contributed by atoms with E-state index in [0.717, 1.165) is 16.7 Å². The minimum atomic E-state index is -0.604. The molecule has 1 saturated heterocycles. The third-order valence-corrected chi connectivity index (χ3v) is 7.97. The molecule has 2 aliphatic heterocycles. The Kier molecular flexibility index (Phi) is 8.85. The summed E-state index contributed by atoms with van der Waals surface area (Å²) in [4.78, 5) is 33.4. The van der Waals surface area contributed by atoms with Crippen LogP contribution in [0.25, 0.3) is 0 Å². The molecule has 3 atom stereocenters. The van der Waals surface area contributed by atoms with Crippen molar-refractivity contribution >= 4 is 40.7 Å². The van der Waals surface area contributed by atoms with Crippen LogP contribution in [0.15, 0.2) is 71.7 Å². The van der Waals surface area contributed by atoms with Gasteiger partial charge in [0.2, 0.25) is 11.8 Å². The minimum Gasteiger partial charge on any atom is -0.497 e. The van der Waals surface area contributed by atoms with Crippen LogP contribution in [-0.4, -0.2) is 55.3 Å². The first-order valence-electron chi connectivity index (χ1n) is 13.7. The lowest BCUT2D eigenvalue weighted by molar-refractivity contribution is -0.140. The Morgan fingerprint density at radius 2 is 1.66 bits per heavy atom. The first-order valence-corrected chi connectivity index (χ1v) is 14.5. The highest BCUT2D eigenvalue weighted by molar-refractivity contribution is 6.30. The van der Waals surface area contributed by atoms with Crippen LogP contribution in [0, 0.1) is 5.92 Å². The molecule has 1 fully saturated rings. The molecule has 0 spiro atoms. The van der Waals surface area contributed by atoms with Gasteiger partial charge in [-0.2, -0.15) is 0 Å². The van der Waals surface area contributed by atoms with E-state index >= 15 is 0 Å². The number of nitrogens with zero attached hydrogens (tertiary/aromatic N) is 2. The average molecular weight is 595 g/mol. The van der Waals surface area contributed by atoms with Crippen molar-refractivity contribution in [3.8, 4) is 11.5 Å². The van der Waals surface area contributed by atoms with Crippen LogP contribution in [0.4, 0.5) is 0 Å². The Hall–Kier alpha value is -3.55. The van der Waals surface area contributed by atoms with Crippen molar-refractivity contribution in [3.05, 3.63) is 93.5 Å².